The topological polar surface area (TPSA) is 76.9 Å². The van der Waals surface area contributed by atoms with Gasteiger partial charge in [0, 0.05) is 44.0 Å². The zero-order valence-electron chi connectivity index (χ0n) is 19.0. The minimum Gasteiger partial charge on any atom is -0.378 e. The van der Waals surface area contributed by atoms with E-state index in [0.29, 0.717) is 30.1 Å². The van der Waals surface area contributed by atoms with Crippen molar-refractivity contribution in [1.29, 1.82) is 0 Å². The number of nitrogens with zero attached hydrogens (tertiary/aromatic N) is 6. The van der Waals surface area contributed by atoms with E-state index in [1.54, 1.807) is 25.4 Å². The first-order chi connectivity index (χ1) is 16.6. The fourth-order valence-electron chi connectivity index (χ4n) is 3.93. The number of aromatic nitrogens is 5. The first kappa shape index (κ1) is 22.0. The summed E-state index contributed by atoms with van der Waals surface area (Å²) < 4.78 is 19.0. The van der Waals surface area contributed by atoms with Gasteiger partial charge in [0.25, 0.3) is 0 Å². The molecule has 1 aliphatic heterocycles. The zero-order chi connectivity index (χ0) is 23.3. The lowest BCUT2D eigenvalue weighted by Crippen LogP contribution is -2.36. The summed E-state index contributed by atoms with van der Waals surface area (Å²) in [6, 6.07) is 15.3. The maximum atomic E-state index is 13.6. The molecule has 1 aromatic carbocycles. The Morgan fingerprint density at radius 2 is 1.56 bits per heavy atom. The fraction of sp³-hybridized carbons (Fsp3) is 0.269. The molecular weight excluding hydrogens is 431 g/mol. The molecule has 0 spiro atoms. The van der Waals surface area contributed by atoms with Gasteiger partial charge in [0.15, 0.2) is 5.82 Å². The van der Waals surface area contributed by atoms with Crippen LogP contribution in [0.1, 0.15) is 28.5 Å². The van der Waals surface area contributed by atoms with Crippen molar-refractivity contribution in [2.75, 3.05) is 31.2 Å². The third-order valence-corrected chi connectivity index (χ3v) is 5.76. The molecule has 0 bridgehead atoms. The lowest BCUT2D eigenvalue weighted by Gasteiger charge is -2.28. The number of morpholine rings is 1. The van der Waals surface area contributed by atoms with Crippen LogP contribution in [0.3, 0.4) is 0 Å². The van der Waals surface area contributed by atoms with E-state index in [0.717, 1.165) is 49.1 Å². The number of rotatable bonds is 6. The number of hydrogen-bond donors (Lipinski definition) is 0. The monoisotopic (exact) mass is 456 g/mol. The number of aryl methyl sites for hydroxylation is 1. The summed E-state index contributed by atoms with van der Waals surface area (Å²) in [4.78, 5) is 24.7. The standard InChI is InChI=1S/C26H25FN6O/c1-18-23(27)6-7-24(30-18)26-29-11-9-21(32-26)17-20-8-10-28-25(31-20)16-19-2-4-22(5-3-19)33-12-14-34-15-13-33/h2-11H,12-17H2,1H3. The summed E-state index contributed by atoms with van der Waals surface area (Å²) >= 11 is 0. The van der Waals surface area contributed by atoms with Crippen LogP contribution < -0.4 is 4.90 Å². The van der Waals surface area contributed by atoms with Crippen LogP contribution in [0.25, 0.3) is 11.5 Å². The second-order valence-corrected chi connectivity index (χ2v) is 8.22. The molecule has 172 valence electrons. The molecule has 0 radical (unpaired) electrons. The Labute approximate surface area is 197 Å². The smallest absolute Gasteiger partial charge is 0.178 e. The molecule has 8 heteroatoms. The third-order valence-electron chi connectivity index (χ3n) is 5.76. The Kier molecular flexibility index (Phi) is 6.49. The quantitative estimate of drug-likeness (QED) is 0.437. The van der Waals surface area contributed by atoms with Crippen molar-refractivity contribution in [2.45, 2.75) is 19.8 Å². The molecule has 0 aliphatic carbocycles. The van der Waals surface area contributed by atoms with Crippen molar-refractivity contribution in [3.05, 3.63) is 95.2 Å². The van der Waals surface area contributed by atoms with Gasteiger partial charge in [-0.2, -0.15) is 0 Å². The minimum atomic E-state index is -0.343. The summed E-state index contributed by atoms with van der Waals surface area (Å²) in [6.07, 6.45) is 4.68. The van der Waals surface area contributed by atoms with E-state index in [1.165, 1.54) is 11.8 Å². The second-order valence-electron chi connectivity index (χ2n) is 8.22. The number of halogens is 1. The molecule has 7 nitrogen and oxygen atoms in total. The zero-order valence-corrected chi connectivity index (χ0v) is 19.0. The molecule has 3 aromatic heterocycles. The molecule has 1 aliphatic rings. The highest BCUT2D eigenvalue weighted by Gasteiger charge is 2.12. The second kappa shape index (κ2) is 10.0. The molecule has 4 aromatic rings. The first-order valence-electron chi connectivity index (χ1n) is 11.3. The van der Waals surface area contributed by atoms with E-state index in [2.05, 4.69) is 49.1 Å². The van der Waals surface area contributed by atoms with Crippen LogP contribution in [-0.4, -0.2) is 51.2 Å². The number of pyridine rings is 1. The van der Waals surface area contributed by atoms with E-state index >= 15 is 0 Å². The summed E-state index contributed by atoms with van der Waals surface area (Å²) in [5.74, 6) is 0.890. The van der Waals surface area contributed by atoms with Crippen LogP contribution in [0.4, 0.5) is 10.1 Å². The Bertz CT molecular complexity index is 1270. The van der Waals surface area contributed by atoms with Gasteiger partial charge >= 0.3 is 0 Å². The average molecular weight is 457 g/mol. The fourth-order valence-corrected chi connectivity index (χ4v) is 3.93. The van der Waals surface area contributed by atoms with Gasteiger partial charge in [-0.1, -0.05) is 12.1 Å². The van der Waals surface area contributed by atoms with E-state index in [1.807, 2.05) is 12.1 Å². The number of benzene rings is 1. The normalized spacial score (nSPS) is 13.8. The Morgan fingerprint density at radius 1 is 0.824 bits per heavy atom. The average Bonchev–Trinajstić information content (AvgIpc) is 2.87. The molecule has 5 rings (SSSR count). The molecule has 34 heavy (non-hydrogen) atoms. The third kappa shape index (κ3) is 5.23. The van der Waals surface area contributed by atoms with Crippen molar-refractivity contribution in [2.24, 2.45) is 0 Å². The first-order valence-corrected chi connectivity index (χ1v) is 11.3. The van der Waals surface area contributed by atoms with E-state index in [9.17, 15) is 4.39 Å². The summed E-state index contributed by atoms with van der Waals surface area (Å²) in [7, 11) is 0. The van der Waals surface area contributed by atoms with Gasteiger partial charge in [0.05, 0.1) is 30.3 Å². The predicted octanol–water partition coefficient (Wildman–Crippen LogP) is 3.79. The van der Waals surface area contributed by atoms with Gasteiger partial charge in [-0.15, -0.1) is 0 Å². The van der Waals surface area contributed by atoms with Gasteiger partial charge < -0.3 is 9.64 Å². The van der Waals surface area contributed by atoms with Crippen LogP contribution in [0.15, 0.2) is 60.9 Å². The van der Waals surface area contributed by atoms with Gasteiger partial charge in [0.2, 0.25) is 0 Å². The van der Waals surface area contributed by atoms with Crippen molar-refractivity contribution in [3.63, 3.8) is 0 Å². The summed E-state index contributed by atoms with van der Waals surface area (Å²) in [5, 5.41) is 0. The molecular formula is C26H25FN6O. The van der Waals surface area contributed by atoms with Gasteiger partial charge in [-0.05, 0) is 48.9 Å². The molecule has 0 atom stereocenters. The van der Waals surface area contributed by atoms with Crippen LogP contribution in [-0.2, 0) is 17.6 Å². The molecule has 1 fully saturated rings. The van der Waals surface area contributed by atoms with Crippen molar-refractivity contribution in [3.8, 4) is 11.5 Å². The summed E-state index contributed by atoms with van der Waals surface area (Å²) in [6.45, 7) is 5.02. The van der Waals surface area contributed by atoms with Crippen LogP contribution in [0.5, 0.6) is 0 Å². The van der Waals surface area contributed by atoms with Crippen molar-refractivity contribution >= 4 is 5.69 Å². The molecule has 0 amide bonds. The molecule has 0 unspecified atom stereocenters. The number of anilines is 1. The van der Waals surface area contributed by atoms with E-state index in [-0.39, 0.29) is 5.82 Å². The Morgan fingerprint density at radius 3 is 2.32 bits per heavy atom. The SMILES string of the molecule is Cc1nc(-c2nccc(Cc3ccnc(Cc4ccc(N5CCOCC5)cc4)n3)n2)ccc1F. The predicted molar refractivity (Wildman–Crippen MR) is 127 cm³/mol. The Balaban J connectivity index is 1.28. The highest BCUT2D eigenvalue weighted by atomic mass is 19.1. The number of ether oxygens (including phenoxy) is 1. The molecule has 1 saturated heterocycles. The molecule has 0 saturated carbocycles. The minimum absolute atomic E-state index is 0.324. The lowest BCUT2D eigenvalue weighted by atomic mass is 10.1. The highest BCUT2D eigenvalue weighted by molar-refractivity contribution is 5.49. The van der Waals surface area contributed by atoms with Crippen molar-refractivity contribution < 1.29 is 9.13 Å². The van der Waals surface area contributed by atoms with Crippen LogP contribution in [0.2, 0.25) is 0 Å². The maximum absolute atomic E-state index is 13.6. The van der Waals surface area contributed by atoms with Gasteiger partial charge in [-0.3, -0.25) is 0 Å². The maximum Gasteiger partial charge on any atom is 0.178 e. The lowest BCUT2D eigenvalue weighted by molar-refractivity contribution is 0.122. The summed E-state index contributed by atoms with van der Waals surface area (Å²) in [5.41, 5.74) is 4.94. The van der Waals surface area contributed by atoms with Crippen LogP contribution in [0, 0.1) is 12.7 Å². The largest absolute Gasteiger partial charge is 0.378 e. The number of hydrogen-bond acceptors (Lipinski definition) is 7. The van der Waals surface area contributed by atoms with Gasteiger partial charge in [0.1, 0.15) is 17.3 Å². The van der Waals surface area contributed by atoms with Gasteiger partial charge in [-0.25, -0.2) is 29.3 Å². The molecule has 0 N–H and O–H groups in total. The van der Waals surface area contributed by atoms with Crippen LogP contribution >= 0.6 is 0 Å². The Hall–Kier alpha value is -3.78. The van der Waals surface area contributed by atoms with E-state index in [4.69, 9.17) is 9.72 Å². The van der Waals surface area contributed by atoms with Crippen molar-refractivity contribution in [1.82, 2.24) is 24.9 Å². The van der Waals surface area contributed by atoms with E-state index < -0.39 is 0 Å². The highest BCUT2D eigenvalue weighted by Crippen LogP contribution is 2.19. The molecule has 4 heterocycles.